The monoisotopic (exact) mass is 141 g/mol. The Morgan fingerprint density at radius 3 is 2.40 bits per heavy atom. The van der Waals surface area contributed by atoms with Crippen molar-refractivity contribution in [2.45, 2.75) is 20.8 Å². The van der Waals surface area contributed by atoms with E-state index >= 15 is 0 Å². The van der Waals surface area contributed by atoms with Crippen molar-refractivity contribution in [2.75, 3.05) is 6.54 Å². The lowest BCUT2D eigenvalue weighted by atomic mass is 10.1. The largest absolute Gasteiger partial charge is 0.356 e. The van der Waals surface area contributed by atoms with Crippen molar-refractivity contribution in [3.05, 3.63) is 12.2 Å². The molecule has 1 amide bonds. The van der Waals surface area contributed by atoms with Gasteiger partial charge in [-0.25, -0.2) is 0 Å². The van der Waals surface area contributed by atoms with Gasteiger partial charge in [-0.05, 0) is 12.8 Å². The summed E-state index contributed by atoms with van der Waals surface area (Å²) in [6.45, 7) is 10.0. The first-order valence-corrected chi connectivity index (χ1v) is 3.44. The normalized spacial score (nSPS) is 12.3. The summed E-state index contributed by atoms with van der Waals surface area (Å²) in [5.41, 5.74) is 1.11. The van der Waals surface area contributed by atoms with Crippen molar-refractivity contribution in [1.29, 1.82) is 0 Å². The molecule has 2 nitrogen and oxygen atoms in total. The third kappa shape index (κ3) is 4.13. The fourth-order valence-electron chi connectivity index (χ4n) is 0.471. The van der Waals surface area contributed by atoms with E-state index in [1.165, 1.54) is 6.92 Å². The first-order valence-electron chi connectivity index (χ1n) is 3.44. The minimum atomic E-state index is 0.0214. The van der Waals surface area contributed by atoms with Gasteiger partial charge in [0.15, 0.2) is 0 Å². The molecule has 0 saturated carbocycles. The van der Waals surface area contributed by atoms with Crippen molar-refractivity contribution in [1.82, 2.24) is 5.32 Å². The minimum absolute atomic E-state index is 0.0214. The van der Waals surface area contributed by atoms with Gasteiger partial charge < -0.3 is 5.32 Å². The number of nitrogens with one attached hydrogen (secondary N) is 1. The minimum Gasteiger partial charge on any atom is -0.356 e. The van der Waals surface area contributed by atoms with Crippen molar-refractivity contribution in [2.24, 2.45) is 5.92 Å². The summed E-state index contributed by atoms with van der Waals surface area (Å²) < 4.78 is 0. The first kappa shape index (κ1) is 9.21. The van der Waals surface area contributed by atoms with E-state index in [-0.39, 0.29) is 5.91 Å². The second-order valence-electron chi connectivity index (χ2n) is 2.68. The Kier molecular flexibility index (Phi) is 3.77. The predicted octanol–water partition coefficient (Wildman–Crippen LogP) is 1.33. The Hall–Kier alpha value is -0.790. The van der Waals surface area contributed by atoms with Crippen LogP contribution in [0.25, 0.3) is 0 Å². The highest BCUT2D eigenvalue weighted by Crippen LogP contribution is 2.03. The summed E-state index contributed by atoms with van der Waals surface area (Å²) in [5, 5.41) is 2.73. The quantitative estimate of drug-likeness (QED) is 0.590. The molecule has 0 rings (SSSR count). The molecule has 0 aromatic heterocycles. The van der Waals surface area contributed by atoms with Gasteiger partial charge in [0.2, 0.25) is 5.91 Å². The van der Waals surface area contributed by atoms with Crippen molar-refractivity contribution >= 4 is 5.91 Å². The smallest absolute Gasteiger partial charge is 0.216 e. The van der Waals surface area contributed by atoms with E-state index in [0.717, 1.165) is 5.57 Å². The van der Waals surface area contributed by atoms with Gasteiger partial charge in [0.25, 0.3) is 0 Å². The number of carbonyl (C=O) groups excluding carboxylic acids is 1. The van der Waals surface area contributed by atoms with Gasteiger partial charge in [0, 0.05) is 13.5 Å². The van der Waals surface area contributed by atoms with Crippen LogP contribution in [0.4, 0.5) is 0 Å². The van der Waals surface area contributed by atoms with Crippen LogP contribution in [0, 0.1) is 5.92 Å². The molecule has 1 N–H and O–H groups in total. The van der Waals surface area contributed by atoms with Crippen LogP contribution >= 0.6 is 0 Å². The zero-order chi connectivity index (χ0) is 8.15. The fourth-order valence-corrected chi connectivity index (χ4v) is 0.471. The van der Waals surface area contributed by atoms with E-state index in [1.54, 1.807) is 0 Å². The molecule has 1 atom stereocenters. The maximum absolute atomic E-state index is 10.4. The highest BCUT2D eigenvalue weighted by atomic mass is 16.1. The highest BCUT2D eigenvalue weighted by Gasteiger charge is 2.01. The Morgan fingerprint density at radius 2 is 2.10 bits per heavy atom. The van der Waals surface area contributed by atoms with E-state index in [1.807, 2.05) is 13.8 Å². The summed E-state index contributed by atoms with van der Waals surface area (Å²) in [6.07, 6.45) is 0. The molecule has 2 heteroatoms. The molecule has 1 unspecified atom stereocenters. The molecule has 0 aromatic carbocycles. The van der Waals surface area contributed by atoms with Gasteiger partial charge in [0.1, 0.15) is 0 Å². The van der Waals surface area contributed by atoms with Crippen LogP contribution in [0.3, 0.4) is 0 Å². The van der Waals surface area contributed by atoms with Crippen molar-refractivity contribution in [3.63, 3.8) is 0 Å². The Labute approximate surface area is 62.3 Å². The molecule has 0 bridgehead atoms. The summed E-state index contributed by atoms with van der Waals surface area (Å²) in [4.78, 5) is 10.4. The first-order chi connectivity index (χ1) is 4.54. The summed E-state index contributed by atoms with van der Waals surface area (Å²) >= 11 is 0. The van der Waals surface area contributed by atoms with E-state index in [2.05, 4.69) is 11.9 Å². The Morgan fingerprint density at radius 1 is 1.60 bits per heavy atom. The van der Waals surface area contributed by atoms with Gasteiger partial charge in [-0.15, -0.1) is 0 Å². The number of rotatable bonds is 3. The summed E-state index contributed by atoms with van der Waals surface area (Å²) in [6, 6.07) is 0. The Bertz CT molecular complexity index is 140. The highest BCUT2D eigenvalue weighted by molar-refractivity contribution is 5.72. The van der Waals surface area contributed by atoms with Gasteiger partial charge >= 0.3 is 0 Å². The second-order valence-corrected chi connectivity index (χ2v) is 2.68. The molecule has 0 heterocycles. The van der Waals surface area contributed by atoms with E-state index in [4.69, 9.17) is 0 Å². The van der Waals surface area contributed by atoms with Gasteiger partial charge in [0.05, 0.1) is 0 Å². The third-order valence-electron chi connectivity index (χ3n) is 1.50. The molecule has 0 radical (unpaired) electrons. The van der Waals surface area contributed by atoms with Crippen LogP contribution in [-0.2, 0) is 4.79 Å². The summed E-state index contributed by atoms with van der Waals surface area (Å²) in [5.74, 6) is 0.400. The number of hydrogen-bond acceptors (Lipinski definition) is 1. The molecule has 0 aromatic rings. The van der Waals surface area contributed by atoms with Crippen LogP contribution in [0.2, 0.25) is 0 Å². The molecule has 0 fully saturated rings. The molecule has 0 aliphatic rings. The van der Waals surface area contributed by atoms with E-state index in [0.29, 0.717) is 12.5 Å². The standard InChI is InChI=1S/C8H15NO/c1-6(2)7(3)5-9-8(4)10/h7H,1,5H2,2-4H3,(H,9,10). The second kappa shape index (κ2) is 4.09. The van der Waals surface area contributed by atoms with Crippen LogP contribution in [0.1, 0.15) is 20.8 Å². The Balaban J connectivity index is 3.49. The number of carbonyl (C=O) groups is 1. The van der Waals surface area contributed by atoms with Crippen LogP contribution in [0.15, 0.2) is 12.2 Å². The zero-order valence-electron chi connectivity index (χ0n) is 6.90. The SMILES string of the molecule is C=C(C)C(C)CNC(C)=O. The van der Waals surface area contributed by atoms with Crippen LogP contribution in [-0.4, -0.2) is 12.5 Å². The van der Waals surface area contributed by atoms with Gasteiger partial charge in [-0.2, -0.15) is 0 Å². The van der Waals surface area contributed by atoms with Gasteiger partial charge in [-0.1, -0.05) is 19.1 Å². The van der Waals surface area contributed by atoms with Gasteiger partial charge in [-0.3, -0.25) is 4.79 Å². The lowest BCUT2D eigenvalue weighted by Crippen LogP contribution is -2.25. The average Bonchev–Trinajstić information content (AvgIpc) is 1.82. The van der Waals surface area contributed by atoms with Crippen LogP contribution in [0.5, 0.6) is 0 Å². The number of amides is 1. The molecule has 0 aliphatic carbocycles. The lowest BCUT2D eigenvalue weighted by Gasteiger charge is -2.10. The van der Waals surface area contributed by atoms with Crippen molar-refractivity contribution < 1.29 is 4.79 Å². The predicted molar refractivity (Wildman–Crippen MR) is 42.7 cm³/mol. The van der Waals surface area contributed by atoms with E-state index < -0.39 is 0 Å². The third-order valence-corrected chi connectivity index (χ3v) is 1.50. The molecule has 0 aliphatic heterocycles. The van der Waals surface area contributed by atoms with Crippen LogP contribution < -0.4 is 5.32 Å². The molecular weight excluding hydrogens is 126 g/mol. The molecule has 58 valence electrons. The topological polar surface area (TPSA) is 29.1 Å². The molecule has 0 spiro atoms. The zero-order valence-corrected chi connectivity index (χ0v) is 6.90. The summed E-state index contributed by atoms with van der Waals surface area (Å²) in [7, 11) is 0. The maximum atomic E-state index is 10.4. The molecule has 0 saturated heterocycles. The molecular formula is C8H15NO. The average molecular weight is 141 g/mol. The maximum Gasteiger partial charge on any atom is 0.216 e. The van der Waals surface area contributed by atoms with E-state index in [9.17, 15) is 4.79 Å². The molecule has 10 heavy (non-hydrogen) atoms. The number of hydrogen-bond donors (Lipinski definition) is 1. The fraction of sp³-hybridized carbons (Fsp3) is 0.625. The van der Waals surface area contributed by atoms with Crippen molar-refractivity contribution in [3.8, 4) is 0 Å². The lowest BCUT2D eigenvalue weighted by molar-refractivity contribution is -0.119.